The van der Waals surface area contributed by atoms with E-state index >= 15 is 0 Å². The van der Waals surface area contributed by atoms with Gasteiger partial charge in [0.15, 0.2) is 0 Å². The molecule has 24 heavy (non-hydrogen) atoms. The second-order valence-corrected chi connectivity index (χ2v) is 5.91. The fourth-order valence-corrected chi connectivity index (χ4v) is 2.96. The maximum atomic E-state index is 12.8. The number of nitrogens with one attached hydrogen (secondary N) is 3. The zero-order chi connectivity index (χ0) is 17.6. The third kappa shape index (κ3) is 3.91. The first-order valence-corrected chi connectivity index (χ1v) is 8.17. The van der Waals surface area contributed by atoms with E-state index in [1.165, 1.54) is 0 Å². The molecule has 0 saturated carbocycles. The van der Waals surface area contributed by atoms with Crippen LogP contribution in [0.1, 0.15) is 31.7 Å². The summed E-state index contributed by atoms with van der Waals surface area (Å²) in [6, 6.07) is 8.72. The standard InChI is InChI=1S/C17H24N4O3/c1-2-17(12-7-4-3-5-8-12,16(24)20-11-14(18)22)21-15(23)13-9-6-10-19-13/h3-5,7-8,13,19H,2,6,9-11H2,1H3,(H2,18,22)(H,20,24)(H,21,23)/t13-,17+/m0/s1. The molecule has 1 fully saturated rings. The van der Waals surface area contributed by atoms with Crippen LogP contribution in [-0.2, 0) is 19.9 Å². The Morgan fingerprint density at radius 2 is 2.00 bits per heavy atom. The fraction of sp³-hybridized carbons (Fsp3) is 0.471. The van der Waals surface area contributed by atoms with Gasteiger partial charge < -0.3 is 21.7 Å². The highest BCUT2D eigenvalue weighted by Gasteiger charge is 2.41. The van der Waals surface area contributed by atoms with Gasteiger partial charge in [0.25, 0.3) is 5.91 Å². The van der Waals surface area contributed by atoms with Gasteiger partial charge in [-0.1, -0.05) is 37.3 Å². The van der Waals surface area contributed by atoms with Gasteiger partial charge in [-0.2, -0.15) is 0 Å². The zero-order valence-corrected chi connectivity index (χ0v) is 13.8. The molecule has 1 aliphatic rings. The van der Waals surface area contributed by atoms with E-state index in [1.807, 2.05) is 13.0 Å². The van der Waals surface area contributed by atoms with E-state index < -0.39 is 17.4 Å². The van der Waals surface area contributed by atoms with Gasteiger partial charge in [-0.05, 0) is 31.4 Å². The predicted molar refractivity (Wildman–Crippen MR) is 89.8 cm³/mol. The molecule has 1 aromatic rings. The maximum Gasteiger partial charge on any atom is 0.250 e. The second-order valence-electron chi connectivity index (χ2n) is 5.91. The molecule has 0 spiro atoms. The van der Waals surface area contributed by atoms with Crippen molar-refractivity contribution >= 4 is 17.7 Å². The summed E-state index contributed by atoms with van der Waals surface area (Å²) in [6.07, 6.45) is 2.01. The lowest BCUT2D eigenvalue weighted by Crippen LogP contribution is -2.59. The number of rotatable bonds is 7. The Balaban J connectivity index is 2.29. The van der Waals surface area contributed by atoms with E-state index in [4.69, 9.17) is 5.73 Å². The third-order valence-corrected chi connectivity index (χ3v) is 4.32. The summed E-state index contributed by atoms with van der Waals surface area (Å²) >= 11 is 0. The average Bonchev–Trinajstić information content (AvgIpc) is 3.13. The van der Waals surface area contributed by atoms with Crippen LogP contribution in [0.4, 0.5) is 0 Å². The lowest BCUT2D eigenvalue weighted by molar-refractivity contribution is -0.135. The molecule has 7 heteroatoms. The Hall–Kier alpha value is -2.41. The Morgan fingerprint density at radius 1 is 1.29 bits per heavy atom. The van der Waals surface area contributed by atoms with Crippen LogP contribution in [0.5, 0.6) is 0 Å². The minimum atomic E-state index is -1.24. The van der Waals surface area contributed by atoms with Gasteiger partial charge in [-0.3, -0.25) is 14.4 Å². The zero-order valence-electron chi connectivity index (χ0n) is 13.8. The molecular formula is C17H24N4O3. The normalized spacial score (nSPS) is 19.3. The highest BCUT2D eigenvalue weighted by atomic mass is 16.2. The van der Waals surface area contributed by atoms with E-state index in [9.17, 15) is 14.4 Å². The highest BCUT2D eigenvalue weighted by molar-refractivity contribution is 5.95. The smallest absolute Gasteiger partial charge is 0.250 e. The fourth-order valence-electron chi connectivity index (χ4n) is 2.96. The van der Waals surface area contributed by atoms with Crippen molar-refractivity contribution in [1.29, 1.82) is 0 Å². The number of carbonyl (C=O) groups excluding carboxylic acids is 3. The molecule has 3 amide bonds. The van der Waals surface area contributed by atoms with Crippen molar-refractivity contribution in [2.75, 3.05) is 13.1 Å². The van der Waals surface area contributed by atoms with Crippen molar-refractivity contribution in [2.45, 2.75) is 37.8 Å². The summed E-state index contributed by atoms with van der Waals surface area (Å²) in [6.45, 7) is 2.33. The summed E-state index contributed by atoms with van der Waals surface area (Å²) in [5, 5.41) is 8.54. The van der Waals surface area contributed by atoms with Crippen LogP contribution in [0.25, 0.3) is 0 Å². The van der Waals surface area contributed by atoms with E-state index in [0.29, 0.717) is 12.0 Å². The monoisotopic (exact) mass is 332 g/mol. The van der Waals surface area contributed by atoms with Crippen LogP contribution in [-0.4, -0.2) is 36.9 Å². The summed E-state index contributed by atoms with van der Waals surface area (Å²) in [5.41, 5.74) is 4.54. The van der Waals surface area contributed by atoms with Crippen LogP contribution in [0.2, 0.25) is 0 Å². The Labute approximate surface area is 141 Å². The highest BCUT2D eigenvalue weighted by Crippen LogP contribution is 2.26. The van der Waals surface area contributed by atoms with Crippen LogP contribution >= 0.6 is 0 Å². The Kier molecular flexibility index (Phi) is 5.92. The number of hydrogen-bond acceptors (Lipinski definition) is 4. The molecule has 0 unspecified atom stereocenters. The van der Waals surface area contributed by atoms with E-state index in [0.717, 1.165) is 19.4 Å². The molecule has 7 nitrogen and oxygen atoms in total. The second kappa shape index (κ2) is 7.92. The molecule has 5 N–H and O–H groups in total. The maximum absolute atomic E-state index is 12.8. The van der Waals surface area contributed by atoms with E-state index in [1.54, 1.807) is 24.3 Å². The van der Waals surface area contributed by atoms with Crippen LogP contribution in [0.3, 0.4) is 0 Å². The molecule has 1 heterocycles. The number of carbonyl (C=O) groups is 3. The summed E-state index contributed by atoms with van der Waals surface area (Å²) in [7, 11) is 0. The van der Waals surface area contributed by atoms with Crippen LogP contribution in [0.15, 0.2) is 30.3 Å². The summed E-state index contributed by atoms with van der Waals surface area (Å²) in [4.78, 5) is 36.4. The molecule has 130 valence electrons. The molecule has 1 saturated heterocycles. The first-order valence-electron chi connectivity index (χ1n) is 8.17. The van der Waals surface area contributed by atoms with Crippen molar-refractivity contribution < 1.29 is 14.4 Å². The quantitative estimate of drug-likeness (QED) is 0.552. The summed E-state index contributed by atoms with van der Waals surface area (Å²) < 4.78 is 0. The van der Waals surface area contributed by atoms with E-state index in [-0.39, 0.29) is 18.5 Å². The lowest BCUT2D eigenvalue weighted by atomic mass is 9.85. The average molecular weight is 332 g/mol. The van der Waals surface area contributed by atoms with Gasteiger partial charge in [-0.15, -0.1) is 0 Å². The molecule has 0 radical (unpaired) electrons. The number of benzene rings is 1. The number of nitrogens with two attached hydrogens (primary N) is 1. The van der Waals surface area contributed by atoms with Crippen molar-refractivity contribution in [3.63, 3.8) is 0 Å². The van der Waals surface area contributed by atoms with Gasteiger partial charge in [0.1, 0.15) is 5.54 Å². The van der Waals surface area contributed by atoms with Crippen molar-refractivity contribution in [3.05, 3.63) is 35.9 Å². The molecule has 0 bridgehead atoms. The van der Waals surface area contributed by atoms with Gasteiger partial charge in [0, 0.05) is 0 Å². The van der Waals surface area contributed by atoms with Gasteiger partial charge in [-0.25, -0.2) is 0 Å². The van der Waals surface area contributed by atoms with Gasteiger partial charge >= 0.3 is 0 Å². The van der Waals surface area contributed by atoms with E-state index in [2.05, 4.69) is 16.0 Å². The van der Waals surface area contributed by atoms with Crippen LogP contribution < -0.4 is 21.7 Å². The van der Waals surface area contributed by atoms with Gasteiger partial charge in [0.2, 0.25) is 11.8 Å². The third-order valence-electron chi connectivity index (χ3n) is 4.32. The molecule has 1 aliphatic heterocycles. The number of primary amides is 1. The van der Waals surface area contributed by atoms with Crippen LogP contribution in [0, 0.1) is 0 Å². The Bertz CT molecular complexity index is 599. The van der Waals surface area contributed by atoms with Gasteiger partial charge in [0.05, 0.1) is 12.6 Å². The first kappa shape index (κ1) is 17.9. The van der Waals surface area contributed by atoms with Crippen molar-refractivity contribution in [1.82, 2.24) is 16.0 Å². The molecule has 2 atom stereocenters. The summed E-state index contributed by atoms with van der Waals surface area (Å²) in [5.74, 6) is -1.29. The topological polar surface area (TPSA) is 113 Å². The number of amides is 3. The Morgan fingerprint density at radius 3 is 2.54 bits per heavy atom. The minimum Gasteiger partial charge on any atom is -0.368 e. The molecule has 0 aliphatic carbocycles. The lowest BCUT2D eigenvalue weighted by Gasteiger charge is -2.34. The molecular weight excluding hydrogens is 308 g/mol. The molecule has 2 rings (SSSR count). The minimum absolute atomic E-state index is 0.215. The molecule has 1 aromatic carbocycles. The van der Waals surface area contributed by atoms with Crippen molar-refractivity contribution in [2.24, 2.45) is 5.73 Å². The molecule has 0 aromatic heterocycles. The van der Waals surface area contributed by atoms with Crippen molar-refractivity contribution in [3.8, 4) is 0 Å². The SMILES string of the molecule is CC[C@](NC(=O)[C@@H]1CCCN1)(C(=O)NCC(N)=O)c1ccccc1. The predicted octanol–water partition coefficient (Wildman–Crippen LogP) is -0.238. The largest absolute Gasteiger partial charge is 0.368 e. The number of hydrogen-bond donors (Lipinski definition) is 4. The first-order chi connectivity index (χ1) is 11.5.